The lowest BCUT2D eigenvalue weighted by Gasteiger charge is -2.28. The monoisotopic (exact) mass is 322 g/mol. The van der Waals surface area contributed by atoms with Gasteiger partial charge >= 0.3 is 0 Å². The van der Waals surface area contributed by atoms with Gasteiger partial charge in [0.15, 0.2) is 0 Å². The summed E-state index contributed by atoms with van der Waals surface area (Å²) in [5.41, 5.74) is 0. The zero-order valence-electron chi connectivity index (χ0n) is 12.7. The molecule has 7 heteroatoms. The highest BCUT2D eigenvalue weighted by molar-refractivity contribution is 7.99. The molecule has 0 aromatic carbocycles. The maximum atomic E-state index is 12.5. The van der Waals surface area contributed by atoms with Gasteiger partial charge < -0.3 is 9.32 Å². The second-order valence-electron chi connectivity index (χ2n) is 6.47. The number of hydrogen-bond donors (Lipinski definition) is 0. The quantitative estimate of drug-likeness (QED) is 0.834. The van der Waals surface area contributed by atoms with Gasteiger partial charge in [0.1, 0.15) is 0 Å². The Morgan fingerprint density at radius 2 is 2.00 bits per heavy atom. The van der Waals surface area contributed by atoms with Gasteiger partial charge in [-0.25, -0.2) is 0 Å². The summed E-state index contributed by atoms with van der Waals surface area (Å²) < 4.78 is 5.72. The molecule has 1 saturated carbocycles. The van der Waals surface area contributed by atoms with Crippen molar-refractivity contribution in [2.75, 3.05) is 37.7 Å². The Kier molecular flexibility index (Phi) is 4.09. The van der Waals surface area contributed by atoms with Gasteiger partial charge in [0.2, 0.25) is 17.7 Å². The molecule has 1 aromatic heterocycles. The van der Waals surface area contributed by atoms with E-state index < -0.39 is 0 Å². The molecule has 6 nitrogen and oxygen atoms in total. The number of thioether (sulfide) groups is 1. The van der Waals surface area contributed by atoms with Gasteiger partial charge in [0, 0.05) is 37.1 Å². The van der Waals surface area contributed by atoms with Crippen molar-refractivity contribution in [2.24, 2.45) is 5.92 Å². The predicted molar refractivity (Wildman–Crippen MR) is 83.6 cm³/mol. The Labute approximate surface area is 134 Å². The SMILES string of the molecule is O=C(C1CCN(Cc2nnc(C3CC3)o2)C1)N1CCSCC1. The van der Waals surface area contributed by atoms with Crippen molar-refractivity contribution in [3.05, 3.63) is 11.8 Å². The van der Waals surface area contributed by atoms with Crippen LogP contribution in [0.3, 0.4) is 0 Å². The first-order valence-corrected chi connectivity index (χ1v) is 9.36. The predicted octanol–water partition coefficient (Wildman–Crippen LogP) is 1.34. The molecule has 3 aliphatic rings. The van der Waals surface area contributed by atoms with Gasteiger partial charge in [-0.3, -0.25) is 9.69 Å². The van der Waals surface area contributed by atoms with E-state index in [2.05, 4.69) is 15.1 Å². The molecule has 3 heterocycles. The number of hydrogen-bond acceptors (Lipinski definition) is 6. The highest BCUT2D eigenvalue weighted by Crippen LogP contribution is 2.39. The Morgan fingerprint density at radius 1 is 1.18 bits per heavy atom. The minimum atomic E-state index is 0.147. The molecule has 2 aliphatic heterocycles. The second kappa shape index (κ2) is 6.20. The molecule has 1 aliphatic carbocycles. The standard InChI is InChI=1S/C15H22N4O2S/c20-15(19-5-7-22-8-6-19)12-3-4-18(9-12)10-13-16-17-14(21-13)11-1-2-11/h11-12H,1-10H2. The topological polar surface area (TPSA) is 62.5 Å². The van der Waals surface area contributed by atoms with Gasteiger partial charge in [-0.2, -0.15) is 11.8 Å². The molecule has 22 heavy (non-hydrogen) atoms. The van der Waals surface area contributed by atoms with Crippen LogP contribution >= 0.6 is 11.8 Å². The number of nitrogens with zero attached hydrogens (tertiary/aromatic N) is 4. The molecular formula is C15H22N4O2S. The van der Waals surface area contributed by atoms with E-state index in [0.717, 1.165) is 50.0 Å². The molecular weight excluding hydrogens is 300 g/mol. The average molecular weight is 322 g/mol. The fourth-order valence-electron chi connectivity index (χ4n) is 3.24. The van der Waals surface area contributed by atoms with Crippen LogP contribution < -0.4 is 0 Å². The van der Waals surface area contributed by atoms with Gasteiger partial charge in [-0.15, -0.1) is 10.2 Å². The molecule has 0 bridgehead atoms. The summed E-state index contributed by atoms with van der Waals surface area (Å²) in [7, 11) is 0. The molecule has 3 fully saturated rings. The molecule has 4 rings (SSSR count). The summed E-state index contributed by atoms with van der Waals surface area (Å²) in [4.78, 5) is 16.9. The fourth-order valence-corrected chi connectivity index (χ4v) is 4.14. The van der Waals surface area contributed by atoms with Crippen LogP contribution in [-0.2, 0) is 11.3 Å². The van der Waals surface area contributed by atoms with Crippen molar-refractivity contribution < 1.29 is 9.21 Å². The van der Waals surface area contributed by atoms with Crippen molar-refractivity contribution in [3.8, 4) is 0 Å². The third kappa shape index (κ3) is 3.15. The first-order valence-electron chi connectivity index (χ1n) is 8.21. The molecule has 1 aromatic rings. The van der Waals surface area contributed by atoms with Gasteiger partial charge in [-0.05, 0) is 25.8 Å². The van der Waals surface area contributed by atoms with Crippen LogP contribution in [0.2, 0.25) is 0 Å². The smallest absolute Gasteiger partial charge is 0.230 e. The average Bonchev–Trinajstić information content (AvgIpc) is 3.13. The summed E-state index contributed by atoms with van der Waals surface area (Å²) in [6.45, 7) is 4.27. The number of carbonyl (C=O) groups excluding carboxylic acids is 1. The van der Waals surface area contributed by atoms with Crippen LogP contribution in [0.1, 0.15) is 37.0 Å². The van der Waals surface area contributed by atoms with E-state index in [9.17, 15) is 4.79 Å². The number of amides is 1. The first kappa shape index (κ1) is 14.5. The summed E-state index contributed by atoms with van der Waals surface area (Å²) in [5.74, 6) is 4.64. The van der Waals surface area contributed by atoms with Crippen LogP contribution in [0.5, 0.6) is 0 Å². The molecule has 0 N–H and O–H groups in total. The summed E-state index contributed by atoms with van der Waals surface area (Å²) in [6, 6.07) is 0. The van der Waals surface area contributed by atoms with E-state index in [1.165, 1.54) is 12.8 Å². The van der Waals surface area contributed by atoms with Crippen LogP contribution in [0.25, 0.3) is 0 Å². The van der Waals surface area contributed by atoms with Crippen molar-refractivity contribution >= 4 is 17.7 Å². The molecule has 120 valence electrons. The highest BCUT2D eigenvalue weighted by atomic mass is 32.2. The minimum Gasteiger partial charge on any atom is -0.424 e. The van der Waals surface area contributed by atoms with E-state index in [1.807, 2.05) is 16.7 Å². The lowest BCUT2D eigenvalue weighted by atomic mass is 10.1. The molecule has 0 radical (unpaired) electrons. The maximum Gasteiger partial charge on any atom is 0.230 e. The zero-order chi connectivity index (χ0) is 14.9. The van der Waals surface area contributed by atoms with Gasteiger partial charge in [-0.1, -0.05) is 0 Å². The molecule has 2 saturated heterocycles. The van der Waals surface area contributed by atoms with Crippen molar-refractivity contribution in [2.45, 2.75) is 31.7 Å². The van der Waals surface area contributed by atoms with Crippen LogP contribution in [0.15, 0.2) is 4.42 Å². The first-order chi connectivity index (χ1) is 10.8. The van der Waals surface area contributed by atoms with E-state index >= 15 is 0 Å². The Bertz CT molecular complexity index is 539. The van der Waals surface area contributed by atoms with E-state index in [1.54, 1.807) is 0 Å². The van der Waals surface area contributed by atoms with Crippen LogP contribution in [0.4, 0.5) is 0 Å². The Hall–Kier alpha value is -1.08. The molecule has 1 atom stereocenters. The third-order valence-corrected chi connectivity index (χ3v) is 5.65. The number of rotatable bonds is 4. The summed E-state index contributed by atoms with van der Waals surface area (Å²) in [5, 5.41) is 8.27. The second-order valence-corrected chi connectivity index (χ2v) is 7.69. The molecule has 1 unspecified atom stereocenters. The summed E-state index contributed by atoms with van der Waals surface area (Å²) >= 11 is 1.94. The minimum absolute atomic E-state index is 0.147. The highest BCUT2D eigenvalue weighted by Gasteiger charge is 2.33. The van der Waals surface area contributed by atoms with Crippen molar-refractivity contribution in [1.29, 1.82) is 0 Å². The molecule has 0 spiro atoms. The lowest BCUT2D eigenvalue weighted by Crippen LogP contribution is -2.42. The van der Waals surface area contributed by atoms with Gasteiger partial charge in [0.05, 0.1) is 12.5 Å². The van der Waals surface area contributed by atoms with Crippen molar-refractivity contribution in [3.63, 3.8) is 0 Å². The van der Waals surface area contributed by atoms with E-state index in [0.29, 0.717) is 24.3 Å². The van der Waals surface area contributed by atoms with Crippen LogP contribution in [0, 0.1) is 5.92 Å². The van der Waals surface area contributed by atoms with E-state index in [-0.39, 0.29) is 5.92 Å². The van der Waals surface area contributed by atoms with E-state index in [4.69, 9.17) is 4.42 Å². The zero-order valence-corrected chi connectivity index (χ0v) is 13.6. The normalized spacial score (nSPS) is 26.5. The largest absolute Gasteiger partial charge is 0.424 e. The van der Waals surface area contributed by atoms with Gasteiger partial charge in [0.25, 0.3) is 0 Å². The Balaban J connectivity index is 1.30. The Morgan fingerprint density at radius 3 is 2.77 bits per heavy atom. The molecule has 1 amide bonds. The fraction of sp³-hybridized carbons (Fsp3) is 0.800. The third-order valence-electron chi connectivity index (χ3n) is 4.71. The number of carbonyl (C=O) groups is 1. The number of likely N-dealkylation sites (tertiary alicyclic amines) is 1. The summed E-state index contributed by atoms with van der Waals surface area (Å²) in [6.07, 6.45) is 3.30. The number of aromatic nitrogens is 2. The van der Waals surface area contributed by atoms with Crippen LogP contribution in [-0.4, -0.2) is 63.6 Å². The maximum absolute atomic E-state index is 12.5. The lowest BCUT2D eigenvalue weighted by molar-refractivity contribution is -0.134. The van der Waals surface area contributed by atoms with Crippen molar-refractivity contribution in [1.82, 2.24) is 20.0 Å².